The first-order chi connectivity index (χ1) is 23.2. The Kier molecular flexibility index (Phi) is 12.9. The van der Waals surface area contributed by atoms with E-state index in [4.69, 9.17) is 0 Å². The van der Waals surface area contributed by atoms with E-state index in [0.29, 0.717) is 25.8 Å². The highest BCUT2D eigenvalue weighted by atomic mass is 16.2. The third-order valence-electron chi connectivity index (χ3n) is 10.1. The molecule has 2 saturated carbocycles. The smallest absolute Gasteiger partial charge is 0.289 e. The molecule has 2 heterocycles. The van der Waals surface area contributed by atoms with Crippen LogP contribution in [0.3, 0.4) is 0 Å². The van der Waals surface area contributed by atoms with Crippen LogP contribution in [0.15, 0.2) is 18.6 Å². The van der Waals surface area contributed by atoms with Gasteiger partial charge >= 0.3 is 0 Å². The Balaban J connectivity index is 1.56. The molecule has 1 aromatic rings. The molecular formula is C36H55N7O6. The maximum Gasteiger partial charge on any atom is 0.289 e. The van der Waals surface area contributed by atoms with Crippen LogP contribution in [0.25, 0.3) is 0 Å². The molecule has 0 radical (unpaired) electrons. The zero-order chi connectivity index (χ0) is 35.9. The van der Waals surface area contributed by atoms with Crippen LogP contribution >= 0.6 is 0 Å². The van der Waals surface area contributed by atoms with E-state index in [2.05, 4.69) is 31.2 Å². The van der Waals surface area contributed by atoms with Crippen molar-refractivity contribution in [2.75, 3.05) is 6.54 Å². The third kappa shape index (κ3) is 9.85. The predicted molar refractivity (Wildman–Crippen MR) is 183 cm³/mol. The van der Waals surface area contributed by atoms with Crippen molar-refractivity contribution in [2.45, 2.75) is 136 Å². The molecule has 4 N–H and O–H groups in total. The van der Waals surface area contributed by atoms with Crippen LogP contribution in [-0.2, 0) is 24.0 Å². The number of carbonyl (C=O) groups is 6. The molecule has 0 bridgehead atoms. The summed E-state index contributed by atoms with van der Waals surface area (Å²) in [5, 5.41) is 11.4. The average molecular weight is 682 g/mol. The lowest BCUT2D eigenvalue weighted by molar-refractivity contribution is -0.146. The number of hydrogen-bond donors (Lipinski definition) is 4. The van der Waals surface area contributed by atoms with E-state index < -0.39 is 64.9 Å². The molecule has 4 rings (SSSR count). The summed E-state index contributed by atoms with van der Waals surface area (Å²) in [5.41, 5.74) is -0.660. The molecule has 5 atom stereocenters. The van der Waals surface area contributed by atoms with Crippen molar-refractivity contribution in [2.24, 2.45) is 23.2 Å². The molecule has 1 aromatic heterocycles. The van der Waals surface area contributed by atoms with Gasteiger partial charge in [-0.15, -0.1) is 0 Å². The van der Waals surface area contributed by atoms with Crippen LogP contribution in [0, 0.1) is 23.2 Å². The van der Waals surface area contributed by atoms with Gasteiger partial charge in [-0.3, -0.25) is 33.8 Å². The van der Waals surface area contributed by atoms with Gasteiger partial charge in [0.1, 0.15) is 23.8 Å². The maximum atomic E-state index is 14.5. The fraction of sp³-hybridized carbons (Fsp3) is 0.722. The lowest BCUT2D eigenvalue weighted by Gasteiger charge is -2.38. The van der Waals surface area contributed by atoms with Gasteiger partial charge in [-0.25, -0.2) is 4.98 Å². The summed E-state index contributed by atoms with van der Waals surface area (Å²) in [4.78, 5) is 91.2. The normalized spacial score (nSPS) is 21.7. The number of hydrogen-bond acceptors (Lipinski definition) is 8. The Morgan fingerprint density at radius 1 is 0.918 bits per heavy atom. The van der Waals surface area contributed by atoms with Gasteiger partial charge in [0.15, 0.2) is 0 Å². The van der Waals surface area contributed by atoms with Crippen LogP contribution in [0.5, 0.6) is 0 Å². The highest BCUT2D eigenvalue weighted by molar-refractivity contribution is 6.38. The van der Waals surface area contributed by atoms with E-state index in [1.807, 2.05) is 41.5 Å². The quantitative estimate of drug-likeness (QED) is 0.217. The second-order valence-corrected chi connectivity index (χ2v) is 15.4. The van der Waals surface area contributed by atoms with E-state index in [1.165, 1.54) is 23.5 Å². The summed E-state index contributed by atoms with van der Waals surface area (Å²) in [6.45, 7) is 11.7. The molecule has 3 aliphatic rings. The minimum absolute atomic E-state index is 0.00489. The van der Waals surface area contributed by atoms with Gasteiger partial charge in [-0.1, -0.05) is 67.2 Å². The van der Waals surface area contributed by atoms with Crippen LogP contribution in [0.1, 0.15) is 116 Å². The number of Topliss-reactive ketones (excluding diaryl/α,β-unsaturated/α-hetero) is 1. The number of nitrogens with one attached hydrogen (secondary N) is 4. The zero-order valence-electron chi connectivity index (χ0n) is 29.9. The lowest BCUT2D eigenvalue weighted by atomic mass is 9.82. The van der Waals surface area contributed by atoms with Crippen LogP contribution in [-0.4, -0.2) is 86.9 Å². The van der Waals surface area contributed by atoms with Crippen molar-refractivity contribution < 1.29 is 28.8 Å². The summed E-state index contributed by atoms with van der Waals surface area (Å²) in [7, 11) is 0. The monoisotopic (exact) mass is 681 g/mol. The summed E-state index contributed by atoms with van der Waals surface area (Å²) in [6, 6.07) is -3.80. The van der Waals surface area contributed by atoms with Gasteiger partial charge in [0.05, 0.1) is 12.2 Å². The first-order valence-corrected chi connectivity index (χ1v) is 18.1. The summed E-state index contributed by atoms with van der Waals surface area (Å²) in [5.74, 6) is -3.52. The van der Waals surface area contributed by atoms with Gasteiger partial charge in [0, 0.05) is 25.0 Å². The minimum Gasteiger partial charge on any atom is -0.347 e. The molecule has 13 heteroatoms. The molecule has 13 nitrogen and oxygen atoms in total. The van der Waals surface area contributed by atoms with Crippen molar-refractivity contribution in [3.63, 3.8) is 0 Å². The molecule has 1 unspecified atom stereocenters. The topological polar surface area (TPSA) is 180 Å². The summed E-state index contributed by atoms with van der Waals surface area (Å²) >= 11 is 0. The van der Waals surface area contributed by atoms with Gasteiger partial charge in [-0.2, -0.15) is 0 Å². The van der Waals surface area contributed by atoms with Crippen molar-refractivity contribution >= 4 is 35.3 Å². The molecular weight excluding hydrogens is 626 g/mol. The highest BCUT2D eigenvalue weighted by Gasteiger charge is 2.48. The zero-order valence-corrected chi connectivity index (χ0v) is 29.9. The second-order valence-electron chi connectivity index (χ2n) is 15.4. The fourth-order valence-corrected chi connectivity index (χ4v) is 7.10. The predicted octanol–water partition coefficient (Wildman–Crippen LogP) is 2.69. The Morgan fingerprint density at radius 3 is 2.18 bits per heavy atom. The minimum atomic E-state index is -1.02. The number of rotatable bonds is 14. The number of likely N-dealkylation sites (tertiary alicyclic amines) is 1. The molecule has 49 heavy (non-hydrogen) atoms. The first-order valence-electron chi connectivity index (χ1n) is 18.1. The number of amides is 5. The highest BCUT2D eigenvalue weighted by Crippen LogP contribution is 2.34. The van der Waals surface area contributed by atoms with E-state index in [1.54, 1.807) is 0 Å². The van der Waals surface area contributed by atoms with Crippen LogP contribution < -0.4 is 21.3 Å². The molecule has 1 aliphatic heterocycles. The van der Waals surface area contributed by atoms with Crippen LogP contribution in [0.4, 0.5) is 0 Å². The number of nitrogens with zero attached hydrogens (tertiary/aromatic N) is 3. The molecule has 270 valence electrons. The van der Waals surface area contributed by atoms with Crippen molar-refractivity contribution in [3.05, 3.63) is 24.3 Å². The number of aromatic nitrogens is 2. The van der Waals surface area contributed by atoms with Crippen molar-refractivity contribution in [3.8, 4) is 0 Å². The molecule has 3 fully saturated rings. The van der Waals surface area contributed by atoms with E-state index in [-0.39, 0.29) is 29.5 Å². The standard InChI is InChI=1S/C36H55N7O6/c1-7-11-25(29(44)34(48)39-23-14-15-23)40-33(47)28-24(21(2)3)16-19-43(28)35(49)30(36(4,5)6)42-32(46)27(22-12-9-8-10-13-22)41-31(45)26-20-37-17-18-38-26/h17-18,20-25,27-28,30H,7-16,19H2,1-6H3,(H,39,48)(H,40,47)(H,41,45)(H,42,46)/t24?,25-,27-,28-,30+/m0/s1. The van der Waals surface area contributed by atoms with Crippen molar-refractivity contribution in [1.82, 2.24) is 36.1 Å². The average Bonchev–Trinajstić information content (AvgIpc) is 3.77. The van der Waals surface area contributed by atoms with E-state index in [9.17, 15) is 28.8 Å². The Labute approximate surface area is 289 Å². The Morgan fingerprint density at radius 2 is 1.61 bits per heavy atom. The lowest BCUT2D eigenvalue weighted by Crippen LogP contribution is -2.62. The SMILES string of the molecule is CCC[C@H](NC(=O)[C@@H]1C(C(C)C)CCN1C(=O)[C@@H](NC(=O)[C@@H](NC(=O)c1cnccn1)C1CCCCC1)C(C)(C)C)C(=O)C(=O)NC1CC1. The summed E-state index contributed by atoms with van der Waals surface area (Å²) in [6.07, 6.45) is 11.7. The van der Waals surface area contributed by atoms with Gasteiger partial charge in [0.2, 0.25) is 23.5 Å². The molecule has 5 amide bonds. The van der Waals surface area contributed by atoms with Gasteiger partial charge < -0.3 is 26.2 Å². The maximum absolute atomic E-state index is 14.5. The Bertz CT molecular complexity index is 1350. The molecule has 0 spiro atoms. The number of ketones is 1. The van der Waals surface area contributed by atoms with E-state index in [0.717, 1.165) is 44.9 Å². The van der Waals surface area contributed by atoms with Crippen LogP contribution in [0.2, 0.25) is 0 Å². The largest absolute Gasteiger partial charge is 0.347 e. The Hall–Kier alpha value is -3.90. The van der Waals surface area contributed by atoms with E-state index >= 15 is 0 Å². The van der Waals surface area contributed by atoms with Gasteiger partial charge in [0.25, 0.3) is 11.8 Å². The third-order valence-corrected chi connectivity index (χ3v) is 10.1. The van der Waals surface area contributed by atoms with Gasteiger partial charge in [-0.05, 0) is 61.7 Å². The summed E-state index contributed by atoms with van der Waals surface area (Å²) < 4.78 is 0. The molecule has 1 saturated heterocycles. The van der Waals surface area contributed by atoms with Crippen molar-refractivity contribution in [1.29, 1.82) is 0 Å². The second kappa shape index (κ2) is 16.7. The first kappa shape index (κ1) is 37.9. The number of carbonyl (C=O) groups excluding carboxylic acids is 6. The molecule has 0 aromatic carbocycles. The fourth-order valence-electron chi connectivity index (χ4n) is 7.10. The molecule has 2 aliphatic carbocycles.